The normalized spacial score (nSPS) is 13.5. The van der Waals surface area contributed by atoms with E-state index < -0.39 is 17.9 Å². The number of anilines is 2. The number of urea groups is 1. The first-order valence-electron chi connectivity index (χ1n) is 9.76. The van der Waals surface area contributed by atoms with E-state index in [-0.39, 0.29) is 12.3 Å². The number of pyridine rings is 1. The van der Waals surface area contributed by atoms with Gasteiger partial charge in [-0.2, -0.15) is 0 Å². The maximum absolute atomic E-state index is 15.0. The van der Waals surface area contributed by atoms with Gasteiger partial charge in [0.1, 0.15) is 5.69 Å². The number of piperazine rings is 1. The number of carbonyl (C=O) groups excluding carboxylic acids is 3. The quantitative estimate of drug-likeness (QED) is 0.709. The van der Waals surface area contributed by atoms with Crippen LogP contribution in [0.4, 0.5) is 25.4 Å². The Morgan fingerprint density at radius 2 is 1.87 bits per heavy atom. The zero-order valence-electron chi connectivity index (χ0n) is 17.4. The molecule has 0 spiro atoms. The largest absolute Gasteiger partial charge is 0.453 e. The number of hydrogen-bond donors (Lipinski definition) is 2. The molecule has 1 fully saturated rings. The van der Waals surface area contributed by atoms with E-state index >= 15 is 4.39 Å². The van der Waals surface area contributed by atoms with Crippen LogP contribution in [0.5, 0.6) is 0 Å². The lowest BCUT2D eigenvalue weighted by atomic mass is 10.1. The number of ketones is 1. The van der Waals surface area contributed by atoms with Crippen LogP contribution in [0.15, 0.2) is 36.5 Å². The maximum Gasteiger partial charge on any atom is 0.409 e. The number of rotatable bonds is 5. The average molecular weight is 429 g/mol. The molecule has 31 heavy (non-hydrogen) atoms. The Labute approximate surface area is 179 Å². The lowest BCUT2D eigenvalue weighted by molar-refractivity contribution is 0.101. The zero-order chi connectivity index (χ0) is 22.4. The summed E-state index contributed by atoms with van der Waals surface area (Å²) in [7, 11) is 1.33. The summed E-state index contributed by atoms with van der Waals surface area (Å²) in [5.41, 5.74) is 1.49. The molecular weight excluding hydrogens is 405 g/mol. The highest BCUT2D eigenvalue weighted by Gasteiger charge is 2.24. The van der Waals surface area contributed by atoms with Gasteiger partial charge in [-0.05, 0) is 18.2 Å². The highest BCUT2D eigenvalue weighted by molar-refractivity contribution is 5.93. The first-order chi connectivity index (χ1) is 14.9. The highest BCUT2D eigenvalue weighted by atomic mass is 19.1. The molecule has 10 heteroatoms. The van der Waals surface area contributed by atoms with E-state index in [1.807, 2.05) is 4.90 Å². The maximum atomic E-state index is 15.0. The molecule has 164 valence electrons. The number of benzene rings is 1. The smallest absolute Gasteiger partial charge is 0.409 e. The highest BCUT2D eigenvalue weighted by Crippen LogP contribution is 2.24. The van der Waals surface area contributed by atoms with Crippen LogP contribution in [0.1, 0.15) is 23.0 Å². The van der Waals surface area contributed by atoms with Crippen molar-refractivity contribution in [1.82, 2.24) is 15.2 Å². The van der Waals surface area contributed by atoms with Gasteiger partial charge in [-0.25, -0.2) is 14.0 Å². The number of ether oxygens (including phenoxy) is 1. The molecule has 0 saturated carbocycles. The average Bonchev–Trinajstić information content (AvgIpc) is 2.78. The third-order valence-electron chi connectivity index (χ3n) is 4.93. The summed E-state index contributed by atoms with van der Waals surface area (Å²) in [5, 5.41) is 5.20. The van der Waals surface area contributed by atoms with Crippen molar-refractivity contribution >= 4 is 29.3 Å². The van der Waals surface area contributed by atoms with E-state index in [4.69, 9.17) is 4.74 Å². The Morgan fingerprint density at radius 1 is 1.13 bits per heavy atom. The van der Waals surface area contributed by atoms with Crippen LogP contribution < -0.4 is 15.5 Å². The van der Waals surface area contributed by atoms with Gasteiger partial charge in [0.15, 0.2) is 11.6 Å². The monoisotopic (exact) mass is 429 g/mol. The molecule has 3 rings (SSSR count). The van der Waals surface area contributed by atoms with Crippen molar-refractivity contribution in [2.24, 2.45) is 0 Å². The Balaban J connectivity index is 1.57. The number of carbonyl (C=O) groups is 3. The van der Waals surface area contributed by atoms with Crippen molar-refractivity contribution in [3.8, 4) is 0 Å². The van der Waals surface area contributed by atoms with Gasteiger partial charge in [-0.1, -0.05) is 12.1 Å². The van der Waals surface area contributed by atoms with Gasteiger partial charge in [0.2, 0.25) is 0 Å². The molecule has 0 atom stereocenters. The fraction of sp³-hybridized carbons (Fsp3) is 0.333. The molecule has 1 aromatic heterocycles. The van der Waals surface area contributed by atoms with Crippen molar-refractivity contribution in [3.05, 3.63) is 53.6 Å². The van der Waals surface area contributed by atoms with Gasteiger partial charge < -0.3 is 25.2 Å². The molecule has 0 radical (unpaired) electrons. The van der Waals surface area contributed by atoms with Crippen molar-refractivity contribution in [2.75, 3.05) is 43.5 Å². The molecule has 1 aliphatic rings. The molecular formula is C21H24FN5O4. The van der Waals surface area contributed by atoms with E-state index in [1.54, 1.807) is 29.2 Å². The minimum absolute atomic E-state index is 0.00735. The number of amides is 3. The van der Waals surface area contributed by atoms with Crippen LogP contribution in [-0.4, -0.2) is 61.1 Å². The topological polar surface area (TPSA) is 104 Å². The van der Waals surface area contributed by atoms with Crippen LogP contribution in [0.25, 0.3) is 0 Å². The lowest BCUT2D eigenvalue weighted by Crippen LogP contribution is -2.49. The summed E-state index contributed by atoms with van der Waals surface area (Å²) in [6.45, 7) is 3.23. The third kappa shape index (κ3) is 5.47. The Hall–Kier alpha value is -3.69. The van der Waals surface area contributed by atoms with Crippen LogP contribution in [0.2, 0.25) is 0 Å². The summed E-state index contributed by atoms with van der Waals surface area (Å²) >= 11 is 0. The number of hydrogen-bond acceptors (Lipinski definition) is 6. The van der Waals surface area contributed by atoms with Crippen molar-refractivity contribution in [2.45, 2.75) is 13.5 Å². The number of aromatic nitrogens is 1. The van der Waals surface area contributed by atoms with Gasteiger partial charge in [0, 0.05) is 45.2 Å². The second-order valence-electron chi connectivity index (χ2n) is 6.99. The van der Waals surface area contributed by atoms with Gasteiger partial charge in [-0.3, -0.25) is 9.78 Å². The summed E-state index contributed by atoms with van der Waals surface area (Å²) in [5.74, 6) is -0.583. The second-order valence-corrected chi connectivity index (χ2v) is 6.99. The summed E-state index contributed by atoms with van der Waals surface area (Å²) in [4.78, 5) is 42.4. The molecule has 0 unspecified atom stereocenters. The van der Waals surface area contributed by atoms with Crippen LogP contribution >= 0.6 is 0 Å². The van der Waals surface area contributed by atoms with E-state index in [9.17, 15) is 14.4 Å². The predicted molar refractivity (Wildman–Crippen MR) is 113 cm³/mol. The molecule has 9 nitrogen and oxygen atoms in total. The number of halogens is 1. The van der Waals surface area contributed by atoms with Crippen molar-refractivity contribution in [1.29, 1.82) is 0 Å². The molecule has 3 amide bonds. The molecule has 0 aliphatic carbocycles. The lowest BCUT2D eigenvalue weighted by Gasteiger charge is -2.35. The second kappa shape index (κ2) is 9.88. The number of methoxy groups -OCH3 is 1. The van der Waals surface area contributed by atoms with Crippen LogP contribution in [0.3, 0.4) is 0 Å². The summed E-state index contributed by atoms with van der Waals surface area (Å²) < 4.78 is 19.7. The predicted octanol–water partition coefficient (Wildman–Crippen LogP) is 2.63. The summed E-state index contributed by atoms with van der Waals surface area (Å²) in [6.07, 6.45) is 0.987. The van der Waals surface area contributed by atoms with E-state index in [1.165, 1.54) is 26.3 Å². The summed E-state index contributed by atoms with van der Waals surface area (Å²) in [6, 6.07) is 7.57. The SMILES string of the molecule is COC(=O)N1CCN(c2cccc(CNC(=O)Nc3ccc(C(C)=O)nc3)c2F)CC1. The van der Waals surface area contributed by atoms with E-state index in [0.717, 1.165) is 0 Å². The van der Waals surface area contributed by atoms with E-state index in [2.05, 4.69) is 15.6 Å². The Kier molecular flexibility index (Phi) is 7.01. The van der Waals surface area contributed by atoms with E-state index in [0.29, 0.717) is 48.8 Å². The minimum atomic E-state index is -0.520. The zero-order valence-corrected chi connectivity index (χ0v) is 17.4. The first-order valence-corrected chi connectivity index (χ1v) is 9.76. The molecule has 0 bridgehead atoms. The number of nitrogens with zero attached hydrogens (tertiary/aromatic N) is 3. The van der Waals surface area contributed by atoms with Gasteiger partial charge >= 0.3 is 12.1 Å². The Morgan fingerprint density at radius 3 is 2.48 bits per heavy atom. The van der Waals surface area contributed by atoms with Crippen molar-refractivity contribution in [3.63, 3.8) is 0 Å². The molecule has 2 N–H and O–H groups in total. The van der Waals surface area contributed by atoms with Gasteiger partial charge in [0.25, 0.3) is 0 Å². The van der Waals surface area contributed by atoms with Gasteiger partial charge in [-0.15, -0.1) is 0 Å². The fourth-order valence-electron chi connectivity index (χ4n) is 3.23. The van der Waals surface area contributed by atoms with Crippen LogP contribution in [-0.2, 0) is 11.3 Å². The number of nitrogens with one attached hydrogen (secondary N) is 2. The van der Waals surface area contributed by atoms with Gasteiger partial charge in [0.05, 0.1) is 24.7 Å². The first kappa shape index (κ1) is 22.0. The fourth-order valence-corrected chi connectivity index (χ4v) is 3.23. The van der Waals surface area contributed by atoms with Crippen molar-refractivity contribution < 1.29 is 23.5 Å². The molecule has 1 saturated heterocycles. The minimum Gasteiger partial charge on any atom is -0.453 e. The van der Waals surface area contributed by atoms with Crippen LogP contribution in [0, 0.1) is 5.82 Å². The third-order valence-corrected chi connectivity index (χ3v) is 4.93. The molecule has 2 heterocycles. The molecule has 2 aromatic rings. The Bertz CT molecular complexity index is 959. The molecule has 1 aliphatic heterocycles. The standard InChI is InChI=1S/C21H24FN5O4/c1-14(28)17-7-6-16(13-23-17)25-20(29)24-12-15-4-3-5-18(19(15)22)26-8-10-27(11-9-26)21(30)31-2/h3-7,13H,8-12H2,1-2H3,(H2,24,25,29). The molecule has 1 aromatic carbocycles. The number of Topliss-reactive ketones (excluding diaryl/α,β-unsaturated/α-hetero) is 1.